The number of hydrogen-bond donors (Lipinski definition) is 2. The summed E-state index contributed by atoms with van der Waals surface area (Å²) in [6.07, 6.45) is 5.03. The van der Waals surface area contributed by atoms with E-state index in [0.29, 0.717) is 11.5 Å². The van der Waals surface area contributed by atoms with E-state index in [9.17, 15) is 5.11 Å². The van der Waals surface area contributed by atoms with Crippen LogP contribution in [-0.4, -0.2) is 38.6 Å². The molecule has 1 aromatic carbocycles. The monoisotopic (exact) mass is 321 g/mol. The maximum atomic E-state index is 11.1. The number of nitrogens with one attached hydrogen (secondary N) is 1. The van der Waals surface area contributed by atoms with Crippen LogP contribution < -0.4 is 19.5 Å². The van der Waals surface area contributed by atoms with Crippen molar-refractivity contribution in [3.8, 4) is 17.2 Å². The second-order valence-electron chi connectivity index (χ2n) is 6.59. The van der Waals surface area contributed by atoms with Gasteiger partial charge in [-0.1, -0.05) is 12.8 Å². The van der Waals surface area contributed by atoms with Gasteiger partial charge in [-0.15, -0.1) is 0 Å². The third kappa shape index (κ3) is 2.88. The van der Waals surface area contributed by atoms with Gasteiger partial charge in [0.2, 0.25) is 0 Å². The van der Waals surface area contributed by atoms with Crippen molar-refractivity contribution in [3.05, 3.63) is 17.7 Å². The number of fused-ring (bicyclic) bond motifs is 1. The van der Waals surface area contributed by atoms with Crippen LogP contribution in [0.5, 0.6) is 17.2 Å². The number of benzene rings is 1. The lowest BCUT2D eigenvalue weighted by Crippen LogP contribution is -2.53. The molecule has 0 unspecified atom stereocenters. The Balaban J connectivity index is 2.02. The summed E-state index contributed by atoms with van der Waals surface area (Å²) in [6.45, 7) is 0.815. The maximum absolute atomic E-state index is 11.1. The van der Waals surface area contributed by atoms with Gasteiger partial charge in [0, 0.05) is 23.6 Å². The quantitative estimate of drug-likeness (QED) is 0.893. The number of rotatable bonds is 4. The van der Waals surface area contributed by atoms with Gasteiger partial charge >= 0.3 is 0 Å². The second-order valence-corrected chi connectivity index (χ2v) is 6.59. The molecule has 1 aromatic rings. The van der Waals surface area contributed by atoms with Gasteiger partial charge in [-0.05, 0) is 31.9 Å². The largest absolute Gasteiger partial charge is 0.496 e. The average Bonchev–Trinajstić information content (AvgIpc) is 2.59. The van der Waals surface area contributed by atoms with E-state index in [1.54, 1.807) is 21.3 Å². The van der Waals surface area contributed by atoms with Crippen LogP contribution in [-0.2, 0) is 0 Å². The molecule has 2 fully saturated rings. The molecule has 2 N–H and O–H groups in total. The minimum absolute atomic E-state index is 0.0730. The molecule has 0 amide bonds. The molecule has 3 atom stereocenters. The fourth-order valence-electron chi connectivity index (χ4n) is 4.25. The Morgan fingerprint density at radius 1 is 1.00 bits per heavy atom. The fraction of sp³-hybridized carbons (Fsp3) is 0.667. The van der Waals surface area contributed by atoms with E-state index in [-0.39, 0.29) is 12.0 Å². The van der Waals surface area contributed by atoms with E-state index < -0.39 is 5.60 Å². The number of methoxy groups -OCH3 is 3. The van der Waals surface area contributed by atoms with Gasteiger partial charge in [-0.2, -0.15) is 0 Å². The maximum Gasteiger partial charge on any atom is 0.164 e. The molecule has 1 heterocycles. The Morgan fingerprint density at radius 3 is 2.39 bits per heavy atom. The molecule has 1 saturated carbocycles. The van der Waals surface area contributed by atoms with E-state index in [2.05, 4.69) is 5.32 Å². The molecule has 23 heavy (non-hydrogen) atoms. The topological polar surface area (TPSA) is 60.0 Å². The molecule has 0 spiro atoms. The van der Waals surface area contributed by atoms with Crippen LogP contribution in [0.4, 0.5) is 0 Å². The molecule has 2 aliphatic rings. The molecule has 0 radical (unpaired) electrons. The summed E-state index contributed by atoms with van der Waals surface area (Å²) >= 11 is 0. The zero-order valence-corrected chi connectivity index (χ0v) is 14.2. The lowest BCUT2D eigenvalue weighted by Gasteiger charge is -2.48. The Labute approximate surface area is 137 Å². The first-order chi connectivity index (χ1) is 11.1. The van der Waals surface area contributed by atoms with Crippen LogP contribution in [0.1, 0.15) is 43.7 Å². The van der Waals surface area contributed by atoms with Crippen molar-refractivity contribution in [2.75, 3.05) is 27.9 Å². The molecule has 5 heteroatoms. The zero-order valence-electron chi connectivity index (χ0n) is 14.2. The molecule has 0 aromatic heterocycles. The fourth-order valence-corrected chi connectivity index (χ4v) is 4.25. The zero-order chi connectivity index (χ0) is 16.4. The lowest BCUT2D eigenvalue weighted by atomic mass is 9.66. The summed E-state index contributed by atoms with van der Waals surface area (Å²) in [5, 5.41) is 14.7. The third-order valence-electron chi connectivity index (χ3n) is 5.46. The summed E-state index contributed by atoms with van der Waals surface area (Å²) in [6, 6.07) is 3.92. The predicted octanol–water partition coefficient (Wildman–Crippen LogP) is 2.67. The minimum atomic E-state index is -0.563. The highest BCUT2D eigenvalue weighted by Gasteiger charge is 2.46. The summed E-state index contributed by atoms with van der Waals surface area (Å²) in [5.74, 6) is 2.32. The predicted molar refractivity (Wildman–Crippen MR) is 88.4 cm³/mol. The summed E-state index contributed by atoms with van der Waals surface area (Å²) in [5.41, 5.74) is 0.474. The van der Waals surface area contributed by atoms with Gasteiger partial charge < -0.3 is 24.6 Å². The SMILES string of the molecule is COc1cc(OC)c([C@@H]2NCC[C@@]3(O)CCCC[C@H]23)cc1OC. The molecule has 1 aliphatic heterocycles. The summed E-state index contributed by atoms with van der Waals surface area (Å²) < 4.78 is 16.4. The van der Waals surface area contributed by atoms with Crippen molar-refractivity contribution in [2.24, 2.45) is 5.92 Å². The van der Waals surface area contributed by atoms with Gasteiger partial charge in [0.25, 0.3) is 0 Å². The van der Waals surface area contributed by atoms with E-state index in [1.807, 2.05) is 12.1 Å². The lowest BCUT2D eigenvalue weighted by molar-refractivity contribution is -0.0863. The number of ether oxygens (including phenoxy) is 3. The summed E-state index contributed by atoms with van der Waals surface area (Å²) in [4.78, 5) is 0. The van der Waals surface area contributed by atoms with Gasteiger partial charge in [-0.25, -0.2) is 0 Å². The molecule has 128 valence electrons. The third-order valence-corrected chi connectivity index (χ3v) is 5.46. The molecule has 3 rings (SSSR count). The Morgan fingerprint density at radius 2 is 1.70 bits per heavy atom. The van der Waals surface area contributed by atoms with Crippen molar-refractivity contribution in [1.82, 2.24) is 5.32 Å². The first-order valence-corrected chi connectivity index (χ1v) is 8.38. The smallest absolute Gasteiger partial charge is 0.164 e. The van der Waals surface area contributed by atoms with Crippen LogP contribution in [0.25, 0.3) is 0 Å². The van der Waals surface area contributed by atoms with Crippen molar-refractivity contribution in [3.63, 3.8) is 0 Å². The number of hydrogen-bond acceptors (Lipinski definition) is 5. The van der Waals surface area contributed by atoms with Crippen molar-refractivity contribution in [1.29, 1.82) is 0 Å². The highest BCUT2D eigenvalue weighted by molar-refractivity contribution is 5.52. The van der Waals surface area contributed by atoms with E-state index >= 15 is 0 Å². The number of aliphatic hydroxyl groups is 1. The second kappa shape index (κ2) is 6.57. The number of piperidine rings is 1. The van der Waals surface area contributed by atoms with E-state index in [4.69, 9.17) is 14.2 Å². The van der Waals surface area contributed by atoms with Crippen LogP contribution in [0.2, 0.25) is 0 Å². The average molecular weight is 321 g/mol. The van der Waals surface area contributed by atoms with Gasteiger partial charge in [0.1, 0.15) is 5.75 Å². The molecular formula is C18H27NO4. The van der Waals surface area contributed by atoms with Gasteiger partial charge in [0.15, 0.2) is 11.5 Å². The Hall–Kier alpha value is -1.46. The normalized spacial score (nSPS) is 30.4. The molecule has 5 nitrogen and oxygen atoms in total. The first kappa shape index (κ1) is 16.4. The van der Waals surface area contributed by atoms with Crippen LogP contribution in [0, 0.1) is 5.92 Å². The van der Waals surface area contributed by atoms with Gasteiger partial charge in [0.05, 0.1) is 26.9 Å². The summed E-state index contributed by atoms with van der Waals surface area (Å²) in [7, 11) is 4.93. The van der Waals surface area contributed by atoms with E-state index in [0.717, 1.165) is 43.5 Å². The molecule has 0 bridgehead atoms. The first-order valence-electron chi connectivity index (χ1n) is 8.38. The Kier molecular flexibility index (Phi) is 4.69. The Bertz CT molecular complexity index is 558. The molecular weight excluding hydrogens is 294 g/mol. The standard InChI is InChI=1S/C18H27NO4/c1-21-14-11-16(23-3)15(22-2)10-12(14)17-13-6-4-5-7-18(13,20)8-9-19-17/h10-11,13,17,19-20H,4-9H2,1-3H3/t13-,17+,18+/m1/s1. The van der Waals surface area contributed by atoms with Crippen LogP contribution in [0.3, 0.4) is 0 Å². The molecule has 1 aliphatic carbocycles. The minimum Gasteiger partial charge on any atom is -0.496 e. The van der Waals surface area contributed by atoms with Gasteiger partial charge in [-0.3, -0.25) is 0 Å². The van der Waals surface area contributed by atoms with Crippen LogP contribution in [0.15, 0.2) is 12.1 Å². The highest BCUT2D eigenvalue weighted by atomic mass is 16.5. The highest BCUT2D eigenvalue weighted by Crippen LogP contribution is 2.49. The van der Waals surface area contributed by atoms with Crippen LogP contribution >= 0.6 is 0 Å². The molecule has 1 saturated heterocycles. The van der Waals surface area contributed by atoms with Crippen molar-refractivity contribution >= 4 is 0 Å². The van der Waals surface area contributed by atoms with Crippen molar-refractivity contribution < 1.29 is 19.3 Å². The van der Waals surface area contributed by atoms with Crippen molar-refractivity contribution in [2.45, 2.75) is 43.7 Å². The van der Waals surface area contributed by atoms with E-state index in [1.165, 1.54) is 6.42 Å².